The van der Waals surface area contributed by atoms with Gasteiger partial charge in [0.25, 0.3) is 0 Å². The van der Waals surface area contributed by atoms with Gasteiger partial charge in [0.05, 0.1) is 11.9 Å². The smallest absolute Gasteiger partial charge is 0.410 e. The average molecular weight is 383 g/mol. The third-order valence-electron chi connectivity index (χ3n) is 4.60. The molecule has 1 amide bonds. The molecule has 0 N–H and O–H groups in total. The van der Waals surface area contributed by atoms with E-state index in [1.807, 2.05) is 55.1 Å². The SMILES string of the molecule is Cc1cn(-c2cc3ncc(N4CCN(C(=O)OC(C)(C)C)CC4)n3cn2)cn1. The van der Waals surface area contributed by atoms with Crippen LogP contribution in [-0.2, 0) is 4.74 Å². The van der Waals surface area contributed by atoms with E-state index >= 15 is 0 Å². The summed E-state index contributed by atoms with van der Waals surface area (Å²) in [6, 6.07) is 1.93. The van der Waals surface area contributed by atoms with Crippen LogP contribution < -0.4 is 4.90 Å². The van der Waals surface area contributed by atoms with E-state index < -0.39 is 5.60 Å². The quantitative estimate of drug-likeness (QED) is 0.675. The third-order valence-corrected chi connectivity index (χ3v) is 4.60. The van der Waals surface area contributed by atoms with Crippen LogP contribution in [0.4, 0.5) is 10.6 Å². The summed E-state index contributed by atoms with van der Waals surface area (Å²) >= 11 is 0. The highest BCUT2D eigenvalue weighted by atomic mass is 16.6. The Morgan fingerprint density at radius 3 is 2.46 bits per heavy atom. The lowest BCUT2D eigenvalue weighted by Gasteiger charge is -2.36. The van der Waals surface area contributed by atoms with Crippen LogP contribution >= 0.6 is 0 Å². The average Bonchev–Trinajstić information content (AvgIpc) is 3.26. The highest BCUT2D eigenvalue weighted by molar-refractivity contribution is 5.68. The number of amides is 1. The fourth-order valence-electron chi connectivity index (χ4n) is 3.23. The lowest BCUT2D eigenvalue weighted by Crippen LogP contribution is -2.50. The van der Waals surface area contributed by atoms with E-state index in [4.69, 9.17) is 4.74 Å². The highest BCUT2D eigenvalue weighted by Crippen LogP contribution is 2.20. The van der Waals surface area contributed by atoms with Gasteiger partial charge in [-0.15, -0.1) is 0 Å². The van der Waals surface area contributed by atoms with Crippen molar-refractivity contribution in [3.05, 3.63) is 36.8 Å². The van der Waals surface area contributed by atoms with Crippen LogP contribution in [0.2, 0.25) is 0 Å². The van der Waals surface area contributed by atoms with Crippen molar-refractivity contribution in [2.24, 2.45) is 0 Å². The van der Waals surface area contributed by atoms with Crippen LogP contribution in [0.1, 0.15) is 26.5 Å². The van der Waals surface area contributed by atoms with Crippen molar-refractivity contribution in [3.63, 3.8) is 0 Å². The monoisotopic (exact) mass is 383 g/mol. The summed E-state index contributed by atoms with van der Waals surface area (Å²) in [5, 5.41) is 0. The second-order valence-corrected chi connectivity index (χ2v) is 7.97. The van der Waals surface area contributed by atoms with Crippen LogP contribution in [-0.4, -0.2) is 66.7 Å². The van der Waals surface area contributed by atoms with Crippen LogP contribution in [0.5, 0.6) is 0 Å². The van der Waals surface area contributed by atoms with Gasteiger partial charge in [0.1, 0.15) is 35.5 Å². The van der Waals surface area contributed by atoms with E-state index in [1.165, 1.54) is 0 Å². The maximum atomic E-state index is 12.2. The molecule has 0 radical (unpaired) electrons. The number of anilines is 1. The lowest BCUT2D eigenvalue weighted by molar-refractivity contribution is 0.0240. The number of fused-ring (bicyclic) bond motifs is 1. The van der Waals surface area contributed by atoms with Crippen molar-refractivity contribution >= 4 is 17.6 Å². The summed E-state index contributed by atoms with van der Waals surface area (Å²) in [7, 11) is 0. The molecule has 3 aromatic rings. The molecule has 1 aliphatic heterocycles. The van der Waals surface area contributed by atoms with Crippen molar-refractivity contribution in [1.29, 1.82) is 0 Å². The van der Waals surface area contributed by atoms with Gasteiger partial charge in [0, 0.05) is 38.4 Å². The molecule has 1 saturated heterocycles. The van der Waals surface area contributed by atoms with Crippen molar-refractivity contribution in [3.8, 4) is 5.82 Å². The predicted molar refractivity (Wildman–Crippen MR) is 105 cm³/mol. The molecule has 0 bridgehead atoms. The first kappa shape index (κ1) is 18.3. The number of aromatic nitrogens is 5. The van der Waals surface area contributed by atoms with Crippen LogP contribution in [0.25, 0.3) is 11.5 Å². The molecule has 0 atom stereocenters. The topological polar surface area (TPSA) is 80.8 Å². The number of aryl methyl sites for hydroxylation is 1. The zero-order valence-corrected chi connectivity index (χ0v) is 16.7. The second kappa shape index (κ2) is 6.81. The number of piperazine rings is 1. The lowest BCUT2D eigenvalue weighted by atomic mass is 10.2. The number of hydrogen-bond acceptors (Lipinski definition) is 6. The Morgan fingerprint density at radius 1 is 1.07 bits per heavy atom. The maximum Gasteiger partial charge on any atom is 0.410 e. The summed E-state index contributed by atoms with van der Waals surface area (Å²) in [4.78, 5) is 29.5. The molecule has 9 heteroatoms. The highest BCUT2D eigenvalue weighted by Gasteiger charge is 2.27. The Balaban J connectivity index is 1.48. The fourth-order valence-corrected chi connectivity index (χ4v) is 3.23. The van der Waals surface area contributed by atoms with Crippen molar-refractivity contribution in [2.45, 2.75) is 33.3 Å². The first-order chi connectivity index (χ1) is 13.3. The molecule has 1 fully saturated rings. The summed E-state index contributed by atoms with van der Waals surface area (Å²) in [5.74, 6) is 1.75. The van der Waals surface area contributed by atoms with Gasteiger partial charge in [-0.1, -0.05) is 0 Å². The van der Waals surface area contributed by atoms with Crippen molar-refractivity contribution < 1.29 is 9.53 Å². The van der Waals surface area contributed by atoms with Crippen molar-refractivity contribution in [1.82, 2.24) is 28.8 Å². The number of rotatable bonds is 2. The minimum Gasteiger partial charge on any atom is -0.444 e. The minimum absolute atomic E-state index is 0.257. The Bertz CT molecular complexity index is 993. The molecule has 4 rings (SSSR count). The van der Waals surface area contributed by atoms with Gasteiger partial charge in [0.15, 0.2) is 0 Å². The van der Waals surface area contributed by atoms with E-state index in [0.29, 0.717) is 13.1 Å². The molecular formula is C19H25N7O2. The molecule has 0 unspecified atom stereocenters. The van der Waals surface area contributed by atoms with Gasteiger partial charge >= 0.3 is 6.09 Å². The fraction of sp³-hybridized carbons (Fsp3) is 0.474. The largest absolute Gasteiger partial charge is 0.444 e. The van der Waals surface area contributed by atoms with Gasteiger partial charge in [0.2, 0.25) is 0 Å². The first-order valence-electron chi connectivity index (χ1n) is 9.37. The van der Waals surface area contributed by atoms with Gasteiger partial charge < -0.3 is 14.5 Å². The second-order valence-electron chi connectivity index (χ2n) is 7.97. The Morgan fingerprint density at radius 2 is 1.82 bits per heavy atom. The molecular weight excluding hydrogens is 358 g/mol. The normalized spacial score (nSPS) is 15.3. The number of ether oxygens (including phenoxy) is 1. The predicted octanol–water partition coefficient (Wildman–Crippen LogP) is 2.28. The molecule has 148 valence electrons. The Hall–Kier alpha value is -3.10. The van der Waals surface area contributed by atoms with Crippen LogP contribution in [0.15, 0.2) is 31.1 Å². The Labute approximate surface area is 163 Å². The molecule has 0 aliphatic carbocycles. The number of carbonyl (C=O) groups excluding carboxylic acids is 1. The Kier molecular flexibility index (Phi) is 4.44. The van der Waals surface area contributed by atoms with Crippen LogP contribution in [0, 0.1) is 6.92 Å². The van der Waals surface area contributed by atoms with E-state index in [9.17, 15) is 4.79 Å². The minimum atomic E-state index is -0.479. The third kappa shape index (κ3) is 3.64. The van der Waals surface area contributed by atoms with E-state index in [2.05, 4.69) is 19.9 Å². The van der Waals surface area contributed by atoms with E-state index in [0.717, 1.165) is 36.1 Å². The first-order valence-corrected chi connectivity index (χ1v) is 9.37. The van der Waals surface area contributed by atoms with Gasteiger partial charge in [-0.2, -0.15) is 0 Å². The molecule has 0 aromatic carbocycles. The van der Waals surface area contributed by atoms with Gasteiger partial charge in [-0.25, -0.2) is 19.7 Å². The molecule has 4 heterocycles. The van der Waals surface area contributed by atoms with Gasteiger partial charge in [-0.3, -0.25) is 8.97 Å². The molecule has 28 heavy (non-hydrogen) atoms. The van der Waals surface area contributed by atoms with Crippen LogP contribution in [0.3, 0.4) is 0 Å². The number of hydrogen-bond donors (Lipinski definition) is 0. The maximum absolute atomic E-state index is 12.2. The van der Waals surface area contributed by atoms with Gasteiger partial charge in [-0.05, 0) is 27.7 Å². The summed E-state index contributed by atoms with van der Waals surface area (Å²) < 4.78 is 9.31. The molecule has 0 spiro atoms. The zero-order valence-electron chi connectivity index (χ0n) is 16.7. The number of carbonyl (C=O) groups is 1. The summed E-state index contributed by atoms with van der Waals surface area (Å²) in [6.07, 6.45) is 7.05. The molecule has 3 aromatic heterocycles. The van der Waals surface area contributed by atoms with E-state index in [-0.39, 0.29) is 6.09 Å². The number of nitrogens with zero attached hydrogens (tertiary/aromatic N) is 7. The van der Waals surface area contributed by atoms with E-state index in [1.54, 1.807) is 17.6 Å². The zero-order chi connectivity index (χ0) is 19.9. The van der Waals surface area contributed by atoms with Crippen molar-refractivity contribution in [2.75, 3.05) is 31.1 Å². The number of imidazole rings is 2. The summed E-state index contributed by atoms with van der Waals surface area (Å²) in [6.45, 7) is 10.2. The molecule has 9 nitrogen and oxygen atoms in total. The standard InChI is InChI=1S/C19H25N7O2/c1-14-11-25(12-21-14)15-9-16-20-10-17(26(16)13-22-15)23-5-7-24(8-6-23)18(27)28-19(2,3)4/h9-13H,5-8H2,1-4H3. The molecule has 1 aliphatic rings. The summed E-state index contributed by atoms with van der Waals surface area (Å²) in [5.41, 5.74) is 1.28. The molecule has 0 saturated carbocycles.